The van der Waals surface area contributed by atoms with Gasteiger partial charge in [0.25, 0.3) is 0 Å². The molecule has 3 nitrogen and oxygen atoms in total. The third-order valence-corrected chi connectivity index (χ3v) is 2.69. The van der Waals surface area contributed by atoms with Crippen LogP contribution in [0, 0.1) is 0 Å². The summed E-state index contributed by atoms with van der Waals surface area (Å²) in [6, 6.07) is 6.38. The monoisotopic (exact) mass is 301 g/mol. The van der Waals surface area contributed by atoms with Gasteiger partial charge in [0.1, 0.15) is 5.75 Å². The van der Waals surface area contributed by atoms with Gasteiger partial charge in [-0.3, -0.25) is 9.78 Å². The molecule has 0 aliphatic heterocycles. The van der Waals surface area contributed by atoms with Crippen LogP contribution in [0.1, 0.15) is 15.9 Å². The maximum Gasteiger partial charge on any atom is 0.573 e. The van der Waals surface area contributed by atoms with Crippen LogP contribution in [0.15, 0.2) is 42.7 Å². The van der Waals surface area contributed by atoms with Crippen LogP contribution in [0.3, 0.4) is 0 Å². The van der Waals surface area contributed by atoms with E-state index in [2.05, 4.69) is 9.72 Å². The molecule has 1 aromatic heterocycles. The summed E-state index contributed by atoms with van der Waals surface area (Å²) in [6.07, 6.45) is -2.19. The van der Waals surface area contributed by atoms with E-state index in [4.69, 9.17) is 11.6 Å². The Kier molecular flexibility index (Phi) is 3.94. The van der Waals surface area contributed by atoms with E-state index in [0.29, 0.717) is 0 Å². The zero-order valence-corrected chi connectivity index (χ0v) is 10.6. The Morgan fingerprint density at radius 3 is 2.40 bits per heavy atom. The van der Waals surface area contributed by atoms with E-state index in [1.54, 1.807) is 0 Å². The average molecular weight is 302 g/mol. The predicted molar refractivity (Wildman–Crippen MR) is 65.8 cm³/mol. The summed E-state index contributed by atoms with van der Waals surface area (Å²) in [5, 5.41) is -0.117. The Bertz CT molecular complexity index is 629. The van der Waals surface area contributed by atoms with Gasteiger partial charge < -0.3 is 4.74 Å². The van der Waals surface area contributed by atoms with Crippen molar-refractivity contribution < 1.29 is 22.7 Å². The van der Waals surface area contributed by atoms with E-state index in [1.807, 2.05) is 0 Å². The molecule has 2 rings (SSSR count). The number of carbonyl (C=O) groups excluding carboxylic acids is 1. The molecule has 20 heavy (non-hydrogen) atoms. The van der Waals surface area contributed by atoms with Gasteiger partial charge in [0, 0.05) is 18.0 Å². The van der Waals surface area contributed by atoms with Gasteiger partial charge in [-0.15, -0.1) is 13.2 Å². The number of aromatic nitrogens is 1. The van der Waals surface area contributed by atoms with Gasteiger partial charge in [-0.2, -0.15) is 0 Å². The predicted octanol–water partition coefficient (Wildman–Crippen LogP) is 3.86. The van der Waals surface area contributed by atoms with Crippen molar-refractivity contribution in [1.29, 1.82) is 0 Å². The molecule has 7 heteroatoms. The summed E-state index contributed by atoms with van der Waals surface area (Å²) in [5.41, 5.74) is -0.169. The lowest BCUT2D eigenvalue weighted by atomic mass is 10.0. The van der Waals surface area contributed by atoms with Crippen LogP contribution in [-0.4, -0.2) is 17.1 Å². The topological polar surface area (TPSA) is 39.2 Å². The van der Waals surface area contributed by atoms with E-state index < -0.39 is 17.9 Å². The lowest BCUT2D eigenvalue weighted by Crippen LogP contribution is -2.19. The molecule has 0 bridgehead atoms. The molecule has 0 aliphatic rings. The Hall–Kier alpha value is -2.08. The highest BCUT2D eigenvalue weighted by Crippen LogP contribution is 2.32. The molecule has 104 valence electrons. The summed E-state index contributed by atoms with van der Waals surface area (Å²) in [6.45, 7) is 0. The molecule has 0 fully saturated rings. The first-order chi connectivity index (χ1) is 9.38. The Morgan fingerprint density at radius 2 is 1.80 bits per heavy atom. The molecular weight excluding hydrogens is 295 g/mol. The molecule has 0 atom stereocenters. The SMILES string of the molecule is O=C(c1ccncc1)c1c(Cl)cccc1OC(F)(F)F. The number of nitrogens with zero attached hydrogens (tertiary/aromatic N) is 1. The number of carbonyl (C=O) groups is 1. The molecule has 1 heterocycles. The molecule has 0 unspecified atom stereocenters. The number of halogens is 4. The number of hydrogen-bond donors (Lipinski definition) is 0. The highest BCUT2D eigenvalue weighted by molar-refractivity contribution is 6.35. The van der Waals surface area contributed by atoms with Gasteiger partial charge in [-0.25, -0.2) is 0 Å². The lowest BCUT2D eigenvalue weighted by Gasteiger charge is -2.13. The van der Waals surface area contributed by atoms with E-state index in [9.17, 15) is 18.0 Å². The molecule has 0 saturated heterocycles. The number of ether oxygens (including phenoxy) is 1. The fourth-order valence-corrected chi connectivity index (χ4v) is 1.83. The van der Waals surface area contributed by atoms with Crippen LogP contribution in [0.25, 0.3) is 0 Å². The van der Waals surface area contributed by atoms with Crippen LogP contribution < -0.4 is 4.74 Å². The molecule has 0 spiro atoms. The molecule has 0 aliphatic carbocycles. The number of pyridine rings is 1. The standard InChI is InChI=1S/C13H7ClF3NO2/c14-9-2-1-3-10(20-13(15,16)17)11(9)12(19)8-4-6-18-7-5-8/h1-7H. The first-order valence-corrected chi connectivity index (χ1v) is 5.75. The average Bonchev–Trinajstić information content (AvgIpc) is 2.37. The van der Waals surface area contributed by atoms with Crippen LogP contribution in [0.4, 0.5) is 13.2 Å². The van der Waals surface area contributed by atoms with Crippen LogP contribution in [0.2, 0.25) is 5.02 Å². The number of hydrogen-bond acceptors (Lipinski definition) is 3. The maximum atomic E-state index is 12.3. The minimum atomic E-state index is -4.90. The summed E-state index contributed by atoms with van der Waals surface area (Å²) in [7, 11) is 0. The lowest BCUT2D eigenvalue weighted by molar-refractivity contribution is -0.274. The van der Waals surface area contributed by atoms with Gasteiger partial charge in [0.15, 0.2) is 5.78 Å². The van der Waals surface area contributed by atoms with Crippen molar-refractivity contribution in [1.82, 2.24) is 4.98 Å². The number of rotatable bonds is 3. The maximum absolute atomic E-state index is 12.3. The zero-order valence-electron chi connectivity index (χ0n) is 9.82. The summed E-state index contributed by atoms with van der Waals surface area (Å²) in [5.74, 6) is -1.30. The zero-order chi connectivity index (χ0) is 14.8. The second-order valence-electron chi connectivity index (χ2n) is 3.73. The molecule has 0 saturated carbocycles. The van der Waals surface area contributed by atoms with Gasteiger partial charge in [-0.1, -0.05) is 17.7 Å². The van der Waals surface area contributed by atoms with Gasteiger partial charge >= 0.3 is 6.36 Å². The first kappa shape index (κ1) is 14.3. The summed E-state index contributed by atoms with van der Waals surface area (Å²) >= 11 is 5.82. The Morgan fingerprint density at radius 1 is 1.15 bits per heavy atom. The number of alkyl halides is 3. The Labute approximate surface area is 117 Å². The Balaban J connectivity index is 2.48. The van der Waals surface area contributed by atoms with Crippen molar-refractivity contribution in [3.8, 4) is 5.75 Å². The normalized spacial score (nSPS) is 11.2. The first-order valence-electron chi connectivity index (χ1n) is 5.37. The minimum absolute atomic E-state index is 0.117. The molecule has 1 aromatic carbocycles. The molecule has 0 radical (unpaired) electrons. The molecule has 0 amide bonds. The van der Waals surface area contributed by atoms with Crippen molar-refractivity contribution in [2.45, 2.75) is 6.36 Å². The van der Waals surface area contributed by atoms with E-state index >= 15 is 0 Å². The second kappa shape index (κ2) is 5.50. The third-order valence-electron chi connectivity index (χ3n) is 2.37. The fraction of sp³-hybridized carbons (Fsp3) is 0.0769. The van der Waals surface area contributed by atoms with E-state index in [-0.39, 0.29) is 16.1 Å². The van der Waals surface area contributed by atoms with Crippen LogP contribution in [0.5, 0.6) is 5.75 Å². The highest BCUT2D eigenvalue weighted by atomic mass is 35.5. The quantitative estimate of drug-likeness (QED) is 0.808. The van der Waals surface area contributed by atoms with Crippen molar-refractivity contribution in [3.05, 3.63) is 58.9 Å². The minimum Gasteiger partial charge on any atom is -0.405 e. The number of benzene rings is 1. The largest absolute Gasteiger partial charge is 0.573 e. The van der Waals surface area contributed by atoms with Crippen molar-refractivity contribution in [2.24, 2.45) is 0 Å². The fourth-order valence-electron chi connectivity index (χ4n) is 1.58. The van der Waals surface area contributed by atoms with Crippen molar-refractivity contribution >= 4 is 17.4 Å². The molecule has 2 aromatic rings. The molecule has 0 N–H and O–H groups in total. The van der Waals surface area contributed by atoms with Crippen LogP contribution in [-0.2, 0) is 0 Å². The molecular formula is C13H7ClF3NO2. The van der Waals surface area contributed by atoms with Gasteiger partial charge in [0.05, 0.1) is 10.6 Å². The third kappa shape index (κ3) is 3.27. The van der Waals surface area contributed by atoms with Gasteiger partial charge in [-0.05, 0) is 24.3 Å². The van der Waals surface area contributed by atoms with E-state index in [0.717, 1.165) is 6.07 Å². The smallest absolute Gasteiger partial charge is 0.405 e. The summed E-state index contributed by atoms with van der Waals surface area (Å²) in [4.78, 5) is 15.9. The number of ketones is 1. The highest BCUT2D eigenvalue weighted by Gasteiger charge is 2.33. The second-order valence-corrected chi connectivity index (χ2v) is 4.13. The van der Waals surface area contributed by atoms with Crippen molar-refractivity contribution in [3.63, 3.8) is 0 Å². The van der Waals surface area contributed by atoms with Crippen LogP contribution >= 0.6 is 11.6 Å². The van der Waals surface area contributed by atoms with Crippen molar-refractivity contribution in [2.75, 3.05) is 0 Å². The van der Waals surface area contributed by atoms with E-state index in [1.165, 1.54) is 36.7 Å². The summed E-state index contributed by atoms with van der Waals surface area (Å²) < 4.78 is 40.8. The van der Waals surface area contributed by atoms with Gasteiger partial charge in [0.2, 0.25) is 0 Å².